The summed E-state index contributed by atoms with van der Waals surface area (Å²) in [5, 5.41) is 1.44. The van der Waals surface area contributed by atoms with Gasteiger partial charge in [-0.05, 0) is 63.4 Å². The summed E-state index contributed by atoms with van der Waals surface area (Å²) in [7, 11) is 4.62. The standard InChI is InChI=1S/C17H35N.C2H4S/c1-6-8-16(9-7-2)14-17(18(4)5)12-10-15(3)11-13-17;1-2-3/h15-16H,6-14H2,1-5H3;2-3H,1H2. The first kappa shape index (κ1) is 21.0. The van der Waals surface area contributed by atoms with E-state index in [1.165, 1.54) is 63.2 Å². The molecule has 0 saturated heterocycles. The Morgan fingerprint density at radius 3 is 1.95 bits per heavy atom. The summed E-state index contributed by atoms with van der Waals surface area (Å²) in [6.45, 7) is 10.3. The molecule has 0 spiro atoms. The summed E-state index contributed by atoms with van der Waals surface area (Å²) in [5.41, 5.74) is 0.515. The second kappa shape index (κ2) is 11.6. The molecule has 0 bridgehead atoms. The van der Waals surface area contributed by atoms with Crippen LogP contribution in [0, 0.1) is 11.8 Å². The summed E-state index contributed by atoms with van der Waals surface area (Å²) in [6, 6.07) is 0. The van der Waals surface area contributed by atoms with E-state index in [0.717, 1.165) is 11.8 Å². The maximum atomic E-state index is 3.55. The van der Waals surface area contributed by atoms with E-state index in [0.29, 0.717) is 5.54 Å². The minimum atomic E-state index is 0.515. The van der Waals surface area contributed by atoms with Gasteiger partial charge in [-0.25, -0.2) is 0 Å². The van der Waals surface area contributed by atoms with Crippen LogP contribution in [0.25, 0.3) is 0 Å². The van der Waals surface area contributed by atoms with Crippen molar-refractivity contribution in [3.63, 3.8) is 0 Å². The van der Waals surface area contributed by atoms with Crippen LogP contribution in [0.1, 0.15) is 78.6 Å². The van der Waals surface area contributed by atoms with Gasteiger partial charge in [0.15, 0.2) is 0 Å². The predicted molar refractivity (Wildman–Crippen MR) is 101 cm³/mol. The van der Waals surface area contributed by atoms with Gasteiger partial charge >= 0.3 is 0 Å². The molecule has 0 unspecified atom stereocenters. The SMILES string of the molecule is C=CS.CCCC(CCC)CC1(N(C)C)CCC(C)CC1. The van der Waals surface area contributed by atoms with E-state index in [1.807, 2.05) is 0 Å². The van der Waals surface area contributed by atoms with E-state index in [9.17, 15) is 0 Å². The van der Waals surface area contributed by atoms with Crippen molar-refractivity contribution >= 4 is 12.6 Å². The Morgan fingerprint density at radius 2 is 1.62 bits per heavy atom. The minimum Gasteiger partial charge on any atom is -0.304 e. The number of nitrogens with zero attached hydrogens (tertiary/aromatic N) is 1. The van der Waals surface area contributed by atoms with E-state index in [4.69, 9.17) is 0 Å². The van der Waals surface area contributed by atoms with Gasteiger partial charge in [-0.15, -0.1) is 0 Å². The van der Waals surface area contributed by atoms with Crippen LogP contribution in [-0.4, -0.2) is 24.5 Å². The number of hydrogen-bond acceptors (Lipinski definition) is 2. The predicted octanol–water partition coefficient (Wildman–Crippen LogP) is 6.16. The Hall–Kier alpha value is 0.0500. The third-order valence-corrected chi connectivity index (χ3v) is 5.22. The summed E-state index contributed by atoms with van der Waals surface area (Å²) in [4.78, 5) is 2.55. The third-order valence-electron chi connectivity index (χ3n) is 5.22. The molecule has 0 heterocycles. The zero-order valence-electron chi connectivity index (χ0n) is 15.2. The first-order valence-corrected chi connectivity index (χ1v) is 9.39. The smallest absolute Gasteiger partial charge is 0.0206 e. The van der Waals surface area contributed by atoms with Crippen LogP contribution in [0.4, 0.5) is 0 Å². The largest absolute Gasteiger partial charge is 0.304 e. The van der Waals surface area contributed by atoms with E-state index in [1.54, 1.807) is 0 Å². The number of thiol groups is 1. The molecule has 0 aromatic rings. The molecule has 0 radical (unpaired) electrons. The lowest BCUT2D eigenvalue weighted by Crippen LogP contribution is -2.48. The second-order valence-corrected chi connectivity index (χ2v) is 7.50. The van der Waals surface area contributed by atoms with E-state index >= 15 is 0 Å². The highest BCUT2D eigenvalue weighted by Gasteiger charge is 2.37. The van der Waals surface area contributed by atoms with Crippen LogP contribution in [0.15, 0.2) is 12.0 Å². The van der Waals surface area contributed by atoms with Crippen LogP contribution in [-0.2, 0) is 0 Å². The highest BCUT2D eigenvalue weighted by molar-refractivity contribution is 7.83. The summed E-state index contributed by atoms with van der Waals surface area (Å²) >= 11 is 3.55. The fraction of sp³-hybridized carbons (Fsp3) is 0.895. The summed E-state index contributed by atoms with van der Waals surface area (Å²) < 4.78 is 0. The molecule has 1 aliphatic carbocycles. The monoisotopic (exact) mass is 313 g/mol. The van der Waals surface area contributed by atoms with Gasteiger partial charge in [0.2, 0.25) is 0 Å². The number of hydrogen-bond donors (Lipinski definition) is 1. The van der Waals surface area contributed by atoms with Crippen LogP contribution >= 0.6 is 12.6 Å². The van der Waals surface area contributed by atoms with Crippen molar-refractivity contribution in [2.45, 2.75) is 84.1 Å². The first-order valence-electron chi connectivity index (χ1n) is 8.88. The van der Waals surface area contributed by atoms with Crippen LogP contribution in [0.5, 0.6) is 0 Å². The molecule has 126 valence electrons. The van der Waals surface area contributed by atoms with Gasteiger partial charge in [0, 0.05) is 5.54 Å². The average molecular weight is 314 g/mol. The van der Waals surface area contributed by atoms with Crippen LogP contribution in [0.3, 0.4) is 0 Å². The summed E-state index contributed by atoms with van der Waals surface area (Å²) in [6.07, 6.45) is 12.7. The molecule has 2 heteroatoms. The molecule has 1 saturated carbocycles. The van der Waals surface area contributed by atoms with Gasteiger partial charge in [-0.2, -0.15) is 12.6 Å². The molecule has 0 aromatic carbocycles. The Morgan fingerprint density at radius 1 is 1.19 bits per heavy atom. The van der Waals surface area contributed by atoms with Crippen molar-refractivity contribution in [3.8, 4) is 0 Å². The summed E-state index contributed by atoms with van der Waals surface area (Å²) in [5.74, 6) is 1.91. The molecule has 1 rings (SSSR count). The zero-order valence-corrected chi connectivity index (χ0v) is 16.1. The van der Waals surface area contributed by atoms with Crippen molar-refractivity contribution in [2.24, 2.45) is 11.8 Å². The lowest BCUT2D eigenvalue weighted by atomic mass is 9.70. The quantitative estimate of drug-likeness (QED) is 0.551. The van der Waals surface area contributed by atoms with Gasteiger partial charge in [0.05, 0.1) is 0 Å². The minimum absolute atomic E-state index is 0.515. The molecule has 0 aromatic heterocycles. The van der Waals surface area contributed by atoms with Crippen molar-refractivity contribution in [1.29, 1.82) is 0 Å². The highest BCUT2D eigenvalue weighted by atomic mass is 32.1. The Labute approximate surface area is 140 Å². The molecule has 1 fully saturated rings. The molecule has 21 heavy (non-hydrogen) atoms. The van der Waals surface area contributed by atoms with E-state index in [-0.39, 0.29) is 0 Å². The molecule has 0 amide bonds. The molecular formula is C19H39NS. The number of rotatable bonds is 7. The topological polar surface area (TPSA) is 3.24 Å². The van der Waals surface area contributed by atoms with Crippen molar-refractivity contribution in [3.05, 3.63) is 12.0 Å². The molecular weight excluding hydrogens is 274 g/mol. The Balaban J connectivity index is 0.00000122. The normalized spacial score (nSPS) is 25.6. The van der Waals surface area contributed by atoms with Gasteiger partial charge in [-0.3, -0.25) is 0 Å². The fourth-order valence-corrected chi connectivity index (χ4v) is 3.84. The maximum Gasteiger partial charge on any atom is 0.0206 e. The van der Waals surface area contributed by atoms with Crippen LogP contribution in [0.2, 0.25) is 0 Å². The van der Waals surface area contributed by atoms with Crippen LogP contribution < -0.4 is 0 Å². The fourth-order valence-electron chi connectivity index (χ4n) is 3.84. The van der Waals surface area contributed by atoms with E-state index in [2.05, 4.69) is 59.0 Å². The zero-order chi connectivity index (χ0) is 16.3. The Kier molecular flexibility index (Phi) is 11.6. The molecule has 1 aliphatic rings. The van der Waals surface area contributed by atoms with Crippen molar-refractivity contribution < 1.29 is 0 Å². The van der Waals surface area contributed by atoms with Gasteiger partial charge < -0.3 is 4.90 Å². The molecule has 1 nitrogen and oxygen atoms in total. The molecule has 0 N–H and O–H groups in total. The lowest BCUT2D eigenvalue weighted by Gasteiger charge is -2.46. The molecule has 0 aliphatic heterocycles. The maximum absolute atomic E-state index is 3.55. The van der Waals surface area contributed by atoms with Crippen molar-refractivity contribution in [1.82, 2.24) is 4.90 Å². The first-order chi connectivity index (χ1) is 9.95. The van der Waals surface area contributed by atoms with Gasteiger partial charge in [0.1, 0.15) is 0 Å². The highest BCUT2D eigenvalue weighted by Crippen LogP contribution is 2.41. The molecule has 0 atom stereocenters. The lowest BCUT2D eigenvalue weighted by molar-refractivity contribution is 0.0537. The second-order valence-electron chi connectivity index (χ2n) is 7.13. The third kappa shape index (κ3) is 7.74. The van der Waals surface area contributed by atoms with Gasteiger partial charge in [0.25, 0.3) is 0 Å². The van der Waals surface area contributed by atoms with E-state index < -0.39 is 0 Å². The van der Waals surface area contributed by atoms with Gasteiger partial charge in [-0.1, -0.05) is 53.0 Å². The van der Waals surface area contributed by atoms with Crippen molar-refractivity contribution in [2.75, 3.05) is 14.1 Å². The Bertz CT molecular complexity index is 248. The average Bonchev–Trinajstić information content (AvgIpc) is 2.43.